The lowest BCUT2D eigenvalue weighted by atomic mass is 9.43. The van der Waals surface area contributed by atoms with E-state index in [1.54, 1.807) is 5.98 Å². The van der Waals surface area contributed by atoms with Crippen LogP contribution < -0.4 is 0 Å². The molecule has 1 saturated heterocycles. The zero-order valence-corrected chi connectivity index (χ0v) is 9.82. The Morgan fingerprint density at radius 1 is 1.33 bits per heavy atom. The third kappa shape index (κ3) is 1.03. The highest BCUT2D eigenvalue weighted by atomic mass is 16.7. The van der Waals surface area contributed by atoms with Crippen LogP contribution in [0.25, 0.3) is 0 Å². The SMILES string of the molecule is C=CB1O[C@@H]2CC3CC(C3(C)C)[C@]2(C)O1. The summed E-state index contributed by atoms with van der Waals surface area (Å²) in [7, 11) is -0.185. The first-order valence-corrected chi connectivity index (χ1v) is 5.94. The highest BCUT2D eigenvalue weighted by molar-refractivity contribution is 6.51. The molecule has 2 unspecified atom stereocenters. The normalized spacial score (nSPS) is 50.9. The van der Waals surface area contributed by atoms with E-state index in [4.69, 9.17) is 9.31 Å². The average Bonchev–Trinajstić information content (AvgIpc) is 2.53. The van der Waals surface area contributed by atoms with E-state index in [9.17, 15) is 0 Å². The van der Waals surface area contributed by atoms with Gasteiger partial charge in [0.25, 0.3) is 0 Å². The van der Waals surface area contributed by atoms with Gasteiger partial charge in [0.1, 0.15) is 0 Å². The van der Waals surface area contributed by atoms with E-state index >= 15 is 0 Å². The summed E-state index contributed by atoms with van der Waals surface area (Å²) in [6, 6.07) is 0. The Labute approximate surface area is 92.2 Å². The molecule has 82 valence electrons. The Balaban J connectivity index is 1.92. The molecule has 3 saturated carbocycles. The number of hydrogen-bond donors (Lipinski definition) is 0. The van der Waals surface area contributed by atoms with E-state index in [0.29, 0.717) is 11.3 Å². The van der Waals surface area contributed by atoms with Gasteiger partial charge in [-0.05, 0) is 37.0 Å². The summed E-state index contributed by atoms with van der Waals surface area (Å²) in [5, 5.41) is 0. The van der Waals surface area contributed by atoms with Crippen molar-refractivity contribution in [2.24, 2.45) is 17.3 Å². The van der Waals surface area contributed by atoms with Crippen LogP contribution in [0, 0.1) is 17.3 Å². The van der Waals surface area contributed by atoms with Gasteiger partial charge >= 0.3 is 7.12 Å². The Kier molecular flexibility index (Phi) is 1.78. The van der Waals surface area contributed by atoms with Gasteiger partial charge in [-0.3, -0.25) is 0 Å². The molecule has 3 heteroatoms. The first-order valence-electron chi connectivity index (χ1n) is 5.94. The monoisotopic (exact) mass is 206 g/mol. The molecule has 4 rings (SSSR count). The Bertz CT molecular complexity index is 315. The van der Waals surface area contributed by atoms with Crippen molar-refractivity contribution in [1.29, 1.82) is 0 Å². The predicted octanol–water partition coefficient (Wildman–Crippen LogP) is 2.44. The summed E-state index contributed by atoms with van der Waals surface area (Å²) in [4.78, 5) is 0. The summed E-state index contributed by atoms with van der Waals surface area (Å²) in [6.45, 7) is 10.7. The standard InChI is InChI=1S/C12H19BO2/c1-5-13-14-10-7-8-6-9(11(8,2)3)12(10,4)15-13/h5,8-10H,1,6-7H2,2-4H3/t8?,9?,10-,12+/m1/s1. The van der Waals surface area contributed by atoms with Crippen molar-refractivity contribution in [2.75, 3.05) is 0 Å². The minimum absolute atomic E-state index is 0.0723. The zero-order valence-electron chi connectivity index (χ0n) is 9.82. The molecule has 0 aromatic heterocycles. The molecule has 0 amide bonds. The molecule has 0 aromatic carbocycles. The topological polar surface area (TPSA) is 18.5 Å². The van der Waals surface area contributed by atoms with Crippen molar-refractivity contribution in [2.45, 2.75) is 45.3 Å². The summed E-state index contributed by atoms with van der Waals surface area (Å²) in [6.07, 6.45) is 2.76. The van der Waals surface area contributed by atoms with Crippen LogP contribution in [0.4, 0.5) is 0 Å². The van der Waals surface area contributed by atoms with Crippen LogP contribution in [0.5, 0.6) is 0 Å². The Hall–Kier alpha value is -0.275. The van der Waals surface area contributed by atoms with Gasteiger partial charge in [0.05, 0.1) is 11.7 Å². The van der Waals surface area contributed by atoms with Gasteiger partial charge in [0.15, 0.2) is 0 Å². The quantitative estimate of drug-likeness (QED) is 0.613. The van der Waals surface area contributed by atoms with Crippen molar-refractivity contribution in [3.63, 3.8) is 0 Å². The van der Waals surface area contributed by atoms with Gasteiger partial charge in [-0.15, -0.1) is 6.58 Å². The fourth-order valence-corrected chi connectivity index (χ4v) is 4.00. The van der Waals surface area contributed by atoms with Crippen molar-refractivity contribution in [3.05, 3.63) is 12.6 Å². The van der Waals surface area contributed by atoms with Gasteiger partial charge in [-0.2, -0.15) is 0 Å². The molecule has 0 aromatic rings. The number of rotatable bonds is 1. The highest BCUT2D eigenvalue weighted by Gasteiger charge is 2.67. The number of hydrogen-bond acceptors (Lipinski definition) is 2. The van der Waals surface area contributed by atoms with E-state index in [1.165, 1.54) is 6.42 Å². The maximum absolute atomic E-state index is 6.05. The van der Waals surface area contributed by atoms with E-state index < -0.39 is 0 Å². The van der Waals surface area contributed by atoms with E-state index in [2.05, 4.69) is 27.4 Å². The molecule has 3 aliphatic carbocycles. The van der Waals surface area contributed by atoms with Gasteiger partial charge in [-0.25, -0.2) is 0 Å². The summed E-state index contributed by atoms with van der Waals surface area (Å²) in [5.74, 6) is 3.25. The third-order valence-electron chi connectivity index (χ3n) is 5.16. The molecule has 0 radical (unpaired) electrons. The van der Waals surface area contributed by atoms with Crippen molar-refractivity contribution in [1.82, 2.24) is 0 Å². The summed E-state index contributed by atoms with van der Waals surface area (Å²) in [5.41, 5.74) is 0.363. The van der Waals surface area contributed by atoms with E-state index in [1.807, 2.05) is 0 Å². The second-order valence-electron chi connectivity index (χ2n) is 6.07. The molecule has 2 nitrogen and oxygen atoms in total. The van der Waals surface area contributed by atoms with Crippen LogP contribution in [-0.4, -0.2) is 18.8 Å². The van der Waals surface area contributed by atoms with Crippen molar-refractivity contribution >= 4 is 7.12 Å². The van der Waals surface area contributed by atoms with Crippen LogP contribution in [0.3, 0.4) is 0 Å². The Morgan fingerprint density at radius 3 is 2.67 bits per heavy atom. The lowest BCUT2D eigenvalue weighted by molar-refractivity contribution is -0.199. The fraction of sp³-hybridized carbons (Fsp3) is 0.833. The first kappa shape index (κ1) is 9.92. The molecule has 4 fully saturated rings. The molecule has 1 heterocycles. The van der Waals surface area contributed by atoms with Crippen molar-refractivity contribution < 1.29 is 9.31 Å². The first-order chi connectivity index (χ1) is 6.98. The average molecular weight is 206 g/mol. The zero-order chi connectivity index (χ0) is 10.8. The van der Waals surface area contributed by atoms with Gasteiger partial charge in [-0.1, -0.05) is 19.8 Å². The molecular formula is C12H19BO2. The van der Waals surface area contributed by atoms with Crippen LogP contribution in [0.2, 0.25) is 0 Å². The fourth-order valence-electron chi connectivity index (χ4n) is 4.00. The summed E-state index contributed by atoms with van der Waals surface area (Å²) < 4.78 is 11.9. The lowest BCUT2D eigenvalue weighted by Crippen LogP contribution is -2.65. The van der Waals surface area contributed by atoms with Gasteiger partial charge in [0, 0.05) is 0 Å². The van der Waals surface area contributed by atoms with E-state index in [0.717, 1.165) is 12.3 Å². The molecule has 1 aliphatic heterocycles. The minimum Gasteiger partial charge on any atom is -0.402 e. The van der Waals surface area contributed by atoms with Gasteiger partial charge < -0.3 is 9.31 Å². The molecule has 2 bridgehead atoms. The van der Waals surface area contributed by atoms with Crippen LogP contribution in [-0.2, 0) is 9.31 Å². The second-order valence-corrected chi connectivity index (χ2v) is 6.07. The highest BCUT2D eigenvalue weighted by Crippen LogP contribution is 2.65. The lowest BCUT2D eigenvalue weighted by Gasteiger charge is -2.64. The third-order valence-corrected chi connectivity index (χ3v) is 5.16. The van der Waals surface area contributed by atoms with Gasteiger partial charge in [0.2, 0.25) is 0 Å². The molecule has 15 heavy (non-hydrogen) atoms. The van der Waals surface area contributed by atoms with Crippen molar-refractivity contribution in [3.8, 4) is 0 Å². The largest absolute Gasteiger partial charge is 0.486 e. The maximum Gasteiger partial charge on any atom is 0.486 e. The molecule has 0 spiro atoms. The minimum atomic E-state index is -0.185. The molecule has 4 atom stereocenters. The smallest absolute Gasteiger partial charge is 0.402 e. The van der Waals surface area contributed by atoms with E-state index in [-0.39, 0.29) is 18.8 Å². The van der Waals surface area contributed by atoms with Crippen LogP contribution >= 0.6 is 0 Å². The molecule has 4 aliphatic rings. The van der Waals surface area contributed by atoms with Crippen LogP contribution in [0.15, 0.2) is 12.6 Å². The maximum atomic E-state index is 6.05. The molecular weight excluding hydrogens is 187 g/mol. The van der Waals surface area contributed by atoms with Crippen LogP contribution in [0.1, 0.15) is 33.6 Å². The predicted molar refractivity (Wildman–Crippen MR) is 60.3 cm³/mol. The molecule has 0 N–H and O–H groups in total. The summed E-state index contributed by atoms with van der Waals surface area (Å²) >= 11 is 0. The second kappa shape index (κ2) is 2.69. The Morgan fingerprint density at radius 2 is 2.07 bits per heavy atom.